The van der Waals surface area contributed by atoms with Crippen LogP contribution in [0.5, 0.6) is 0 Å². The molecule has 0 spiro atoms. The van der Waals surface area contributed by atoms with Crippen molar-refractivity contribution in [3.8, 4) is 6.07 Å². The van der Waals surface area contributed by atoms with E-state index < -0.39 is 0 Å². The van der Waals surface area contributed by atoms with E-state index in [2.05, 4.69) is 25.9 Å². The Hall–Kier alpha value is -2.92. The number of hydrogen-bond acceptors (Lipinski definition) is 6. The predicted octanol–water partition coefficient (Wildman–Crippen LogP) is 2.31. The standard InChI is InChI=1S/C15H16ClN7O/c1-3-23(4-2)15(24)10-5-6-12(16)13(7-10)18-9-11(8-17)14-19-21-22-20-14/h5-7,9,18H,3-4H2,1-2H3,(H,19,20,21,22). The lowest BCUT2D eigenvalue weighted by molar-refractivity contribution is 0.0773. The van der Waals surface area contributed by atoms with Crippen molar-refractivity contribution in [1.82, 2.24) is 25.5 Å². The number of hydrogen-bond donors (Lipinski definition) is 2. The van der Waals surface area contributed by atoms with Crippen LogP contribution in [0.4, 0.5) is 5.69 Å². The van der Waals surface area contributed by atoms with Crippen molar-refractivity contribution < 1.29 is 4.79 Å². The first-order valence-corrected chi connectivity index (χ1v) is 7.67. The van der Waals surface area contributed by atoms with Crippen molar-refractivity contribution in [3.63, 3.8) is 0 Å². The number of nitrogens with one attached hydrogen (secondary N) is 2. The fraction of sp³-hybridized carbons (Fsp3) is 0.267. The normalized spacial score (nSPS) is 11.0. The maximum Gasteiger partial charge on any atom is 0.253 e. The van der Waals surface area contributed by atoms with Gasteiger partial charge in [-0.15, -0.1) is 10.2 Å². The number of aromatic amines is 1. The first-order chi connectivity index (χ1) is 11.6. The third kappa shape index (κ3) is 3.88. The summed E-state index contributed by atoms with van der Waals surface area (Å²) in [7, 11) is 0. The lowest BCUT2D eigenvalue weighted by atomic mass is 10.1. The van der Waals surface area contributed by atoms with Gasteiger partial charge in [-0.3, -0.25) is 4.79 Å². The van der Waals surface area contributed by atoms with Crippen LogP contribution in [0.15, 0.2) is 24.4 Å². The highest BCUT2D eigenvalue weighted by atomic mass is 35.5. The van der Waals surface area contributed by atoms with Gasteiger partial charge in [-0.2, -0.15) is 10.5 Å². The van der Waals surface area contributed by atoms with Crippen LogP contribution in [0.25, 0.3) is 5.57 Å². The Morgan fingerprint density at radius 3 is 2.79 bits per heavy atom. The lowest BCUT2D eigenvalue weighted by Gasteiger charge is -2.19. The molecule has 1 amide bonds. The zero-order chi connectivity index (χ0) is 17.5. The smallest absolute Gasteiger partial charge is 0.253 e. The molecule has 124 valence electrons. The molecule has 0 saturated carbocycles. The van der Waals surface area contributed by atoms with E-state index in [1.54, 1.807) is 23.1 Å². The van der Waals surface area contributed by atoms with Gasteiger partial charge in [0.05, 0.1) is 10.7 Å². The van der Waals surface area contributed by atoms with Crippen LogP contribution in [0.1, 0.15) is 30.0 Å². The molecule has 0 aliphatic carbocycles. The van der Waals surface area contributed by atoms with Crippen molar-refractivity contribution >= 4 is 28.8 Å². The molecule has 1 aromatic carbocycles. The second-order valence-corrected chi connectivity index (χ2v) is 5.13. The molecule has 0 bridgehead atoms. The Kier molecular flexibility index (Phi) is 5.87. The molecule has 1 aromatic heterocycles. The summed E-state index contributed by atoms with van der Waals surface area (Å²) in [5.74, 6) is 0.0823. The van der Waals surface area contributed by atoms with Gasteiger partial charge in [-0.05, 0) is 37.3 Å². The number of anilines is 1. The molecule has 8 nitrogen and oxygen atoms in total. The molecule has 0 aliphatic heterocycles. The summed E-state index contributed by atoms with van der Waals surface area (Å²) >= 11 is 6.15. The fourth-order valence-corrected chi connectivity index (χ4v) is 2.21. The Bertz CT molecular complexity index is 776. The van der Waals surface area contributed by atoms with Gasteiger partial charge in [0.15, 0.2) is 0 Å². The third-order valence-electron chi connectivity index (χ3n) is 3.34. The quantitative estimate of drug-likeness (QED) is 0.777. The molecule has 2 rings (SSSR count). The number of amides is 1. The number of carbonyl (C=O) groups is 1. The highest BCUT2D eigenvalue weighted by molar-refractivity contribution is 6.33. The molecule has 2 N–H and O–H groups in total. The van der Waals surface area contributed by atoms with Crippen LogP contribution in [0, 0.1) is 11.3 Å². The Morgan fingerprint density at radius 2 is 2.21 bits per heavy atom. The number of benzene rings is 1. The number of aromatic nitrogens is 4. The van der Waals surface area contributed by atoms with Crippen molar-refractivity contribution in [3.05, 3.63) is 40.8 Å². The van der Waals surface area contributed by atoms with Crippen LogP contribution in [-0.2, 0) is 0 Å². The molecule has 2 aromatic rings. The van der Waals surface area contributed by atoms with E-state index in [1.165, 1.54) is 6.20 Å². The highest BCUT2D eigenvalue weighted by Crippen LogP contribution is 2.24. The Morgan fingerprint density at radius 1 is 1.46 bits per heavy atom. The van der Waals surface area contributed by atoms with E-state index in [1.807, 2.05) is 19.9 Å². The third-order valence-corrected chi connectivity index (χ3v) is 3.67. The zero-order valence-electron chi connectivity index (χ0n) is 13.2. The largest absolute Gasteiger partial charge is 0.359 e. The molecule has 0 fully saturated rings. The fourth-order valence-electron chi connectivity index (χ4n) is 2.03. The Labute approximate surface area is 144 Å². The van der Waals surface area contributed by atoms with E-state index in [0.29, 0.717) is 29.4 Å². The SMILES string of the molecule is CCN(CC)C(=O)c1ccc(Cl)c(NC=C(C#N)c2nn[nH]n2)c1. The van der Waals surface area contributed by atoms with Gasteiger partial charge in [0, 0.05) is 24.9 Å². The van der Waals surface area contributed by atoms with E-state index >= 15 is 0 Å². The van der Waals surface area contributed by atoms with Crippen molar-refractivity contribution in [2.45, 2.75) is 13.8 Å². The minimum Gasteiger partial charge on any atom is -0.359 e. The first kappa shape index (κ1) is 17.4. The molecular formula is C15H16ClN7O. The average Bonchev–Trinajstić information content (AvgIpc) is 3.12. The Balaban J connectivity index is 2.26. The average molecular weight is 346 g/mol. The molecule has 0 aliphatic rings. The first-order valence-electron chi connectivity index (χ1n) is 7.30. The molecule has 0 saturated heterocycles. The molecule has 0 radical (unpaired) electrons. The van der Waals surface area contributed by atoms with Crippen molar-refractivity contribution in [2.24, 2.45) is 0 Å². The zero-order valence-corrected chi connectivity index (χ0v) is 14.0. The van der Waals surface area contributed by atoms with E-state index in [9.17, 15) is 4.79 Å². The van der Waals surface area contributed by atoms with Crippen LogP contribution in [0.3, 0.4) is 0 Å². The van der Waals surface area contributed by atoms with Crippen molar-refractivity contribution in [2.75, 3.05) is 18.4 Å². The van der Waals surface area contributed by atoms with Gasteiger partial charge in [0.25, 0.3) is 5.91 Å². The number of carbonyl (C=O) groups excluding carboxylic acids is 1. The van der Waals surface area contributed by atoms with Gasteiger partial charge in [0.2, 0.25) is 5.82 Å². The summed E-state index contributed by atoms with van der Waals surface area (Å²) in [6, 6.07) is 6.91. The molecule has 9 heteroatoms. The maximum atomic E-state index is 12.4. The number of tetrazole rings is 1. The molecule has 0 atom stereocenters. The van der Waals surface area contributed by atoms with Gasteiger partial charge < -0.3 is 10.2 Å². The summed E-state index contributed by atoms with van der Waals surface area (Å²) < 4.78 is 0. The molecule has 24 heavy (non-hydrogen) atoms. The lowest BCUT2D eigenvalue weighted by Crippen LogP contribution is -2.30. The van der Waals surface area contributed by atoms with Gasteiger partial charge in [0.1, 0.15) is 11.6 Å². The van der Waals surface area contributed by atoms with E-state index in [0.717, 1.165) is 0 Å². The van der Waals surface area contributed by atoms with Crippen molar-refractivity contribution in [1.29, 1.82) is 5.26 Å². The molecule has 1 heterocycles. The summed E-state index contributed by atoms with van der Waals surface area (Å²) in [5.41, 5.74) is 1.20. The minimum absolute atomic E-state index is 0.0811. The second-order valence-electron chi connectivity index (χ2n) is 4.72. The van der Waals surface area contributed by atoms with Crippen LogP contribution in [0.2, 0.25) is 5.02 Å². The summed E-state index contributed by atoms with van der Waals surface area (Å²) in [6.45, 7) is 5.08. The van der Waals surface area contributed by atoms with Gasteiger partial charge in [-0.1, -0.05) is 11.6 Å². The number of halogens is 1. The summed E-state index contributed by atoms with van der Waals surface area (Å²) in [6.07, 6.45) is 1.41. The van der Waals surface area contributed by atoms with E-state index in [4.69, 9.17) is 16.9 Å². The number of nitrogens with zero attached hydrogens (tertiary/aromatic N) is 5. The van der Waals surface area contributed by atoms with E-state index in [-0.39, 0.29) is 17.3 Å². The van der Waals surface area contributed by atoms with Gasteiger partial charge >= 0.3 is 0 Å². The topological polar surface area (TPSA) is 111 Å². The minimum atomic E-state index is -0.0811. The monoisotopic (exact) mass is 345 g/mol. The number of allylic oxidation sites excluding steroid dienone is 1. The number of nitriles is 1. The number of rotatable bonds is 6. The van der Waals surface area contributed by atoms with Crippen LogP contribution in [-0.4, -0.2) is 44.5 Å². The number of H-pyrrole nitrogens is 1. The van der Waals surface area contributed by atoms with Crippen LogP contribution < -0.4 is 5.32 Å². The second kappa shape index (κ2) is 8.08. The molecular weight excluding hydrogens is 330 g/mol. The van der Waals surface area contributed by atoms with Crippen LogP contribution >= 0.6 is 11.6 Å². The molecule has 0 unspecified atom stereocenters. The summed E-state index contributed by atoms with van der Waals surface area (Å²) in [4.78, 5) is 14.1. The van der Waals surface area contributed by atoms with Gasteiger partial charge in [-0.25, -0.2) is 0 Å². The summed E-state index contributed by atoms with van der Waals surface area (Å²) in [5, 5.41) is 25.7. The predicted molar refractivity (Wildman–Crippen MR) is 90.1 cm³/mol. The highest BCUT2D eigenvalue weighted by Gasteiger charge is 2.14. The maximum absolute atomic E-state index is 12.4.